The van der Waals surface area contributed by atoms with Crippen molar-refractivity contribution in [1.29, 1.82) is 0 Å². The van der Waals surface area contributed by atoms with E-state index in [1.54, 1.807) is 48.2 Å². The van der Waals surface area contributed by atoms with Crippen molar-refractivity contribution < 1.29 is 23.1 Å². The van der Waals surface area contributed by atoms with Gasteiger partial charge in [0.25, 0.3) is 11.5 Å². The fourth-order valence-electron chi connectivity index (χ4n) is 3.66. The second kappa shape index (κ2) is 7.49. The molecule has 0 spiro atoms. The number of amides is 1. The summed E-state index contributed by atoms with van der Waals surface area (Å²) in [5, 5.41) is 10.0. The van der Waals surface area contributed by atoms with Crippen LogP contribution in [-0.4, -0.2) is 44.0 Å². The van der Waals surface area contributed by atoms with Gasteiger partial charge in [-0.15, -0.1) is 0 Å². The second-order valence-corrected chi connectivity index (χ2v) is 7.96. The SMILES string of the molecule is CC1(O)CCN(C(=O)c2ccc(-c3cccn4c(=O)cc(C(F)(F)F)nc34)cc2)CC1. The van der Waals surface area contributed by atoms with Crippen LogP contribution in [0.5, 0.6) is 0 Å². The third kappa shape index (κ3) is 4.18. The molecule has 0 bridgehead atoms. The Morgan fingerprint density at radius 3 is 2.39 bits per heavy atom. The molecule has 1 N–H and O–H groups in total. The number of hydrogen-bond acceptors (Lipinski definition) is 4. The minimum atomic E-state index is -4.74. The number of likely N-dealkylation sites (tertiary alicyclic amines) is 1. The van der Waals surface area contributed by atoms with Crippen LogP contribution in [0.3, 0.4) is 0 Å². The third-order valence-electron chi connectivity index (χ3n) is 5.55. The first-order chi connectivity index (χ1) is 14.5. The summed E-state index contributed by atoms with van der Waals surface area (Å²) in [5.74, 6) is -0.173. The average Bonchev–Trinajstić information content (AvgIpc) is 2.72. The molecule has 3 heterocycles. The van der Waals surface area contributed by atoms with E-state index >= 15 is 0 Å². The van der Waals surface area contributed by atoms with E-state index in [1.807, 2.05) is 0 Å². The summed E-state index contributed by atoms with van der Waals surface area (Å²) in [6, 6.07) is 10.0. The lowest BCUT2D eigenvalue weighted by Gasteiger charge is -2.35. The number of carbonyl (C=O) groups excluding carboxylic acids is 1. The van der Waals surface area contributed by atoms with E-state index in [4.69, 9.17) is 0 Å². The highest BCUT2D eigenvalue weighted by atomic mass is 19.4. The molecule has 4 rings (SSSR count). The summed E-state index contributed by atoms with van der Waals surface area (Å²) < 4.78 is 40.4. The van der Waals surface area contributed by atoms with Gasteiger partial charge in [0.05, 0.1) is 5.60 Å². The normalized spacial score (nSPS) is 16.5. The molecule has 1 aliphatic heterocycles. The number of alkyl halides is 3. The van der Waals surface area contributed by atoms with E-state index in [0.29, 0.717) is 48.7 Å². The molecule has 1 aliphatic rings. The minimum Gasteiger partial charge on any atom is -0.390 e. The van der Waals surface area contributed by atoms with E-state index in [9.17, 15) is 27.9 Å². The lowest BCUT2D eigenvalue weighted by molar-refractivity contribution is -0.141. The second-order valence-electron chi connectivity index (χ2n) is 7.96. The summed E-state index contributed by atoms with van der Waals surface area (Å²) in [4.78, 5) is 30.2. The van der Waals surface area contributed by atoms with Crippen molar-refractivity contribution in [2.75, 3.05) is 13.1 Å². The number of aromatic nitrogens is 2. The maximum atomic E-state index is 13.1. The zero-order valence-electron chi connectivity index (χ0n) is 16.7. The van der Waals surface area contributed by atoms with E-state index in [-0.39, 0.29) is 11.6 Å². The van der Waals surface area contributed by atoms with Gasteiger partial charge in [-0.1, -0.05) is 12.1 Å². The maximum absolute atomic E-state index is 13.1. The fourth-order valence-corrected chi connectivity index (χ4v) is 3.66. The fraction of sp³-hybridized carbons (Fsp3) is 0.318. The molecular formula is C22H20F3N3O3. The molecule has 1 fully saturated rings. The Balaban J connectivity index is 1.67. The topological polar surface area (TPSA) is 74.9 Å². The minimum absolute atomic E-state index is 0.111. The molecule has 0 aliphatic carbocycles. The number of hydrogen-bond donors (Lipinski definition) is 1. The highest BCUT2D eigenvalue weighted by Gasteiger charge is 2.34. The lowest BCUT2D eigenvalue weighted by atomic mass is 9.93. The van der Waals surface area contributed by atoms with Crippen molar-refractivity contribution in [2.45, 2.75) is 31.5 Å². The lowest BCUT2D eigenvalue weighted by Crippen LogP contribution is -2.45. The third-order valence-corrected chi connectivity index (χ3v) is 5.55. The molecule has 0 radical (unpaired) electrons. The summed E-state index contributed by atoms with van der Waals surface area (Å²) in [7, 11) is 0. The van der Waals surface area contributed by atoms with Gasteiger partial charge in [-0.2, -0.15) is 13.2 Å². The molecule has 0 unspecified atom stereocenters. The van der Waals surface area contributed by atoms with Crippen molar-refractivity contribution in [3.63, 3.8) is 0 Å². The average molecular weight is 431 g/mol. The molecule has 31 heavy (non-hydrogen) atoms. The largest absolute Gasteiger partial charge is 0.433 e. The summed E-state index contributed by atoms with van der Waals surface area (Å²) in [6.45, 7) is 2.64. The predicted molar refractivity (Wildman–Crippen MR) is 108 cm³/mol. The molecule has 9 heteroatoms. The van der Waals surface area contributed by atoms with E-state index < -0.39 is 23.0 Å². The van der Waals surface area contributed by atoms with Gasteiger partial charge in [-0.3, -0.25) is 14.0 Å². The van der Waals surface area contributed by atoms with Gasteiger partial charge < -0.3 is 10.0 Å². The highest BCUT2D eigenvalue weighted by molar-refractivity contribution is 5.95. The highest BCUT2D eigenvalue weighted by Crippen LogP contribution is 2.29. The molecule has 6 nitrogen and oxygen atoms in total. The van der Waals surface area contributed by atoms with Crippen LogP contribution in [0.4, 0.5) is 13.2 Å². The van der Waals surface area contributed by atoms with Crippen LogP contribution in [0, 0.1) is 0 Å². The Morgan fingerprint density at radius 1 is 1.13 bits per heavy atom. The Hall–Kier alpha value is -3.20. The van der Waals surface area contributed by atoms with Gasteiger partial charge in [0, 0.05) is 36.5 Å². The first kappa shape index (κ1) is 21.0. The quantitative estimate of drug-likeness (QED) is 0.675. The van der Waals surface area contributed by atoms with Gasteiger partial charge in [0.2, 0.25) is 0 Å². The van der Waals surface area contributed by atoms with Crippen molar-refractivity contribution in [2.24, 2.45) is 0 Å². The molecule has 3 aromatic rings. The van der Waals surface area contributed by atoms with Crippen LogP contribution in [0.25, 0.3) is 16.8 Å². The molecule has 2 aromatic heterocycles. The summed E-state index contributed by atoms with van der Waals surface area (Å²) in [5.41, 5.74) is -1.65. The van der Waals surface area contributed by atoms with Crippen LogP contribution in [-0.2, 0) is 6.18 Å². The van der Waals surface area contributed by atoms with E-state index in [0.717, 1.165) is 4.40 Å². The number of rotatable bonds is 2. The smallest absolute Gasteiger partial charge is 0.390 e. The van der Waals surface area contributed by atoms with Crippen LogP contribution in [0.15, 0.2) is 53.5 Å². The Bertz CT molecular complexity index is 1190. The first-order valence-electron chi connectivity index (χ1n) is 9.77. The molecule has 0 saturated carbocycles. The number of halogens is 3. The zero-order chi connectivity index (χ0) is 22.4. The van der Waals surface area contributed by atoms with Crippen LogP contribution < -0.4 is 5.56 Å². The number of nitrogens with zero attached hydrogens (tertiary/aromatic N) is 3. The molecular weight excluding hydrogens is 411 g/mol. The maximum Gasteiger partial charge on any atom is 0.433 e. The number of piperidine rings is 1. The van der Waals surface area contributed by atoms with E-state index in [2.05, 4.69) is 4.98 Å². The monoisotopic (exact) mass is 431 g/mol. The number of aliphatic hydroxyl groups is 1. The Kier molecular flexibility index (Phi) is 5.09. The molecule has 1 saturated heterocycles. The van der Waals surface area contributed by atoms with Crippen LogP contribution >= 0.6 is 0 Å². The van der Waals surface area contributed by atoms with Crippen LogP contribution in [0.2, 0.25) is 0 Å². The molecule has 1 aromatic carbocycles. The van der Waals surface area contributed by atoms with Crippen molar-refractivity contribution in [3.05, 3.63) is 70.3 Å². The number of benzene rings is 1. The predicted octanol–water partition coefficient (Wildman–Crippen LogP) is 3.37. The Morgan fingerprint density at radius 2 is 1.77 bits per heavy atom. The Labute approximate surface area is 175 Å². The van der Waals surface area contributed by atoms with Crippen molar-refractivity contribution >= 4 is 11.6 Å². The first-order valence-corrected chi connectivity index (χ1v) is 9.77. The van der Waals surface area contributed by atoms with E-state index in [1.165, 1.54) is 6.20 Å². The van der Waals surface area contributed by atoms with Crippen molar-refractivity contribution in [3.8, 4) is 11.1 Å². The van der Waals surface area contributed by atoms with Crippen LogP contribution in [0.1, 0.15) is 35.8 Å². The number of fused-ring (bicyclic) bond motifs is 1. The molecule has 0 atom stereocenters. The number of carbonyl (C=O) groups is 1. The van der Waals surface area contributed by atoms with Gasteiger partial charge >= 0.3 is 6.18 Å². The molecule has 1 amide bonds. The standard InChI is InChI=1S/C22H20F3N3O3/c1-21(31)8-11-27(12-9-21)20(30)15-6-4-14(5-7-15)16-3-2-10-28-18(29)13-17(22(23,24)25)26-19(16)28/h2-7,10,13,31H,8-9,11-12H2,1H3. The van der Waals surface area contributed by atoms with Crippen molar-refractivity contribution in [1.82, 2.24) is 14.3 Å². The summed E-state index contributed by atoms with van der Waals surface area (Å²) >= 11 is 0. The zero-order valence-corrected chi connectivity index (χ0v) is 16.7. The van der Waals surface area contributed by atoms with Gasteiger partial charge in [0.1, 0.15) is 5.65 Å². The van der Waals surface area contributed by atoms with Gasteiger partial charge in [0.15, 0.2) is 5.69 Å². The van der Waals surface area contributed by atoms with Gasteiger partial charge in [-0.25, -0.2) is 4.98 Å². The summed E-state index contributed by atoms with van der Waals surface area (Å²) in [6.07, 6.45) is -2.39. The number of pyridine rings is 1. The van der Waals surface area contributed by atoms with Gasteiger partial charge in [-0.05, 0) is 49.6 Å². The molecule has 162 valence electrons.